The predicted molar refractivity (Wildman–Crippen MR) is 131 cm³/mol. The molecule has 10 heteroatoms. The van der Waals surface area contributed by atoms with Gasteiger partial charge in [0.2, 0.25) is 11.2 Å². The highest BCUT2D eigenvalue weighted by Crippen LogP contribution is 2.64. The molecule has 4 fully saturated rings. The number of hydrogen-bond donors (Lipinski definition) is 1. The van der Waals surface area contributed by atoms with E-state index >= 15 is 0 Å². The lowest BCUT2D eigenvalue weighted by molar-refractivity contribution is -0.150. The summed E-state index contributed by atoms with van der Waals surface area (Å²) >= 11 is 18.7. The minimum atomic E-state index is -0.424. The summed E-state index contributed by atoms with van der Waals surface area (Å²) in [7, 11) is 0. The lowest BCUT2D eigenvalue weighted by atomic mass is 9.46. The Kier molecular flexibility index (Phi) is 5.24. The smallest absolute Gasteiger partial charge is 0.242 e. The van der Waals surface area contributed by atoms with Crippen LogP contribution in [0.4, 0.5) is 5.82 Å². The fourth-order valence-corrected chi connectivity index (χ4v) is 7.67. The summed E-state index contributed by atoms with van der Waals surface area (Å²) in [5.74, 6) is 1.63. The summed E-state index contributed by atoms with van der Waals surface area (Å²) in [4.78, 5) is 17.9. The first kappa shape index (κ1) is 22.4. The molecule has 1 amide bonds. The Balaban J connectivity index is 1.25. The molecule has 7 nitrogen and oxygen atoms in total. The van der Waals surface area contributed by atoms with Crippen molar-refractivity contribution in [2.75, 3.05) is 5.32 Å². The van der Waals surface area contributed by atoms with Crippen LogP contribution in [0, 0.1) is 24.2 Å². The molecule has 4 bridgehead atoms. The zero-order chi connectivity index (χ0) is 23.7. The van der Waals surface area contributed by atoms with Crippen LogP contribution in [0.1, 0.15) is 49.8 Å². The summed E-state index contributed by atoms with van der Waals surface area (Å²) in [6.45, 7) is 2.40. The number of hydrogen-bond acceptors (Lipinski definition) is 4. The van der Waals surface area contributed by atoms with Crippen LogP contribution in [0.5, 0.6) is 0 Å². The van der Waals surface area contributed by atoms with Gasteiger partial charge < -0.3 is 5.32 Å². The Bertz CT molecular complexity index is 1250. The maximum absolute atomic E-state index is 13.8. The van der Waals surface area contributed by atoms with E-state index in [2.05, 4.69) is 20.5 Å². The molecular weight excluding hydrogens is 495 g/mol. The second-order valence-corrected chi connectivity index (χ2v) is 11.6. The molecule has 4 aliphatic rings. The lowest BCUT2D eigenvalue weighted by Crippen LogP contribution is -2.60. The Hall–Kier alpha value is -2.09. The fourth-order valence-electron chi connectivity index (χ4n) is 7.03. The van der Waals surface area contributed by atoms with Crippen LogP contribution in [0.25, 0.3) is 0 Å². The van der Waals surface area contributed by atoms with Gasteiger partial charge in [0.1, 0.15) is 6.33 Å². The summed E-state index contributed by atoms with van der Waals surface area (Å²) in [6.07, 6.45) is 7.56. The van der Waals surface area contributed by atoms with Gasteiger partial charge in [0.15, 0.2) is 5.82 Å². The third-order valence-electron chi connectivity index (χ3n) is 8.05. The molecule has 2 heterocycles. The molecule has 0 aliphatic heterocycles. The third kappa shape index (κ3) is 3.64. The molecule has 4 aliphatic carbocycles. The number of anilines is 1. The number of rotatable bonds is 5. The van der Waals surface area contributed by atoms with Crippen molar-refractivity contribution in [3.63, 3.8) is 0 Å². The second-order valence-electron chi connectivity index (χ2n) is 10.4. The maximum Gasteiger partial charge on any atom is 0.242 e. The van der Waals surface area contributed by atoms with Crippen LogP contribution >= 0.6 is 34.8 Å². The molecule has 1 aromatic carbocycles. The topological polar surface area (TPSA) is 77.6 Å². The van der Waals surface area contributed by atoms with Gasteiger partial charge >= 0.3 is 0 Å². The van der Waals surface area contributed by atoms with Gasteiger partial charge in [-0.25, -0.2) is 9.67 Å². The fraction of sp³-hybridized carbons (Fsp3) is 0.500. The summed E-state index contributed by atoms with van der Waals surface area (Å²) in [5, 5.41) is 13.7. The number of carbonyl (C=O) groups excluding carboxylic acids is 1. The van der Waals surface area contributed by atoms with E-state index in [4.69, 9.17) is 34.8 Å². The van der Waals surface area contributed by atoms with Crippen LogP contribution in [-0.2, 0) is 16.9 Å². The number of aromatic nitrogens is 5. The number of nitrogens with zero attached hydrogens (tertiary/aromatic N) is 5. The molecule has 178 valence electrons. The van der Waals surface area contributed by atoms with Crippen molar-refractivity contribution in [1.29, 1.82) is 0 Å². The van der Waals surface area contributed by atoms with Gasteiger partial charge in [-0.05, 0) is 81.0 Å². The van der Waals surface area contributed by atoms with E-state index in [0.29, 0.717) is 34.2 Å². The highest BCUT2D eigenvalue weighted by atomic mass is 35.5. The van der Waals surface area contributed by atoms with E-state index < -0.39 is 5.41 Å². The number of nitrogens with one attached hydrogen (secondary N) is 1. The molecule has 0 saturated heterocycles. The molecule has 3 aromatic rings. The van der Waals surface area contributed by atoms with Crippen LogP contribution in [0.2, 0.25) is 15.3 Å². The van der Waals surface area contributed by atoms with Gasteiger partial charge in [0.25, 0.3) is 0 Å². The van der Waals surface area contributed by atoms with Crippen LogP contribution in [0.15, 0.2) is 30.6 Å². The zero-order valence-corrected chi connectivity index (χ0v) is 21.0. The van der Waals surface area contributed by atoms with E-state index in [1.54, 1.807) is 6.33 Å². The van der Waals surface area contributed by atoms with Crippen molar-refractivity contribution in [2.24, 2.45) is 17.3 Å². The molecule has 1 N–H and O–H groups in total. The van der Waals surface area contributed by atoms with Gasteiger partial charge in [-0.1, -0.05) is 29.3 Å². The van der Waals surface area contributed by atoms with Crippen LogP contribution in [-0.4, -0.2) is 30.5 Å². The monoisotopic (exact) mass is 518 g/mol. The molecular formula is C24H25Cl3N6O. The summed E-state index contributed by atoms with van der Waals surface area (Å²) < 4.78 is 3.75. The molecule has 4 saturated carbocycles. The average molecular weight is 520 g/mol. The molecule has 2 atom stereocenters. The highest BCUT2D eigenvalue weighted by Gasteiger charge is 2.61. The normalized spacial score (nSPS) is 29.5. The Morgan fingerprint density at radius 3 is 2.47 bits per heavy atom. The van der Waals surface area contributed by atoms with Crippen molar-refractivity contribution in [1.82, 2.24) is 24.5 Å². The number of halogens is 3. The van der Waals surface area contributed by atoms with Gasteiger partial charge in [0.05, 0.1) is 17.5 Å². The summed E-state index contributed by atoms with van der Waals surface area (Å²) in [6, 6.07) is 7.35. The molecule has 2 aromatic heterocycles. The second kappa shape index (κ2) is 7.97. The maximum atomic E-state index is 13.8. The van der Waals surface area contributed by atoms with E-state index in [-0.39, 0.29) is 16.7 Å². The minimum Gasteiger partial charge on any atom is -0.309 e. The number of aryl methyl sites for hydroxylation is 1. The van der Waals surface area contributed by atoms with E-state index in [1.807, 2.05) is 40.6 Å². The summed E-state index contributed by atoms with van der Waals surface area (Å²) in [5.41, 5.74) is 1.12. The average Bonchev–Trinajstić information content (AvgIpc) is 3.35. The first-order valence-electron chi connectivity index (χ1n) is 11.6. The zero-order valence-electron chi connectivity index (χ0n) is 18.8. The molecule has 0 radical (unpaired) electrons. The van der Waals surface area contributed by atoms with Crippen molar-refractivity contribution in [3.8, 4) is 0 Å². The van der Waals surface area contributed by atoms with Gasteiger partial charge in [-0.15, -0.1) is 5.10 Å². The van der Waals surface area contributed by atoms with Crippen molar-refractivity contribution in [3.05, 3.63) is 57.2 Å². The Morgan fingerprint density at radius 2 is 1.82 bits per heavy atom. The predicted octanol–water partition coefficient (Wildman–Crippen LogP) is 5.73. The SMILES string of the molecule is Cc1cc(NC(=O)C23CC4CC(C2)CC(n2cnc(Cl)n2)(C4)C3)nn1Cc1c(Cl)cccc1Cl. The van der Waals surface area contributed by atoms with Crippen molar-refractivity contribution < 1.29 is 4.79 Å². The Labute approximate surface area is 212 Å². The van der Waals surface area contributed by atoms with E-state index in [1.165, 1.54) is 6.42 Å². The first-order chi connectivity index (χ1) is 16.3. The van der Waals surface area contributed by atoms with Gasteiger partial charge in [0, 0.05) is 27.4 Å². The van der Waals surface area contributed by atoms with Crippen LogP contribution in [0.3, 0.4) is 0 Å². The molecule has 34 heavy (non-hydrogen) atoms. The van der Waals surface area contributed by atoms with Gasteiger partial charge in [-0.3, -0.25) is 9.48 Å². The van der Waals surface area contributed by atoms with Crippen LogP contribution < -0.4 is 5.32 Å². The van der Waals surface area contributed by atoms with Crippen molar-refractivity contribution in [2.45, 2.75) is 57.5 Å². The highest BCUT2D eigenvalue weighted by molar-refractivity contribution is 6.36. The first-order valence-corrected chi connectivity index (χ1v) is 12.8. The molecule has 2 unspecified atom stereocenters. The van der Waals surface area contributed by atoms with E-state index in [0.717, 1.165) is 43.4 Å². The third-order valence-corrected chi connectivity index (χ3v) is 8.94. The largest absolute Gasteiger partial charge is 0.309 e. The molecule has 0 spiro atoms. The lowest BCUT2D eigenvalue weighted by Gasteiger charge is -2.60. The van der Waals surface area contributed by atoms with Crippen molar-refractivity contribution >= 4 is 46.5 Å². The number of amides is 1. The Morgan fingerprint density at radius 1 is 1.12 bits per heavy atom. The van der Waals surface area contributed by atoms with Gasteiger partial charge in [-0.2, -0.15) is 5.10 Å². The van der Waals surface area contributed by atoms with E-state index in [9.17, 15) is 4.79 Å². The molecule has 7 rings (SSSR count). The minimum absolute atomic E-state index is 0.0533. The number of carbonyl (C=O) groups is 1. The standard InChI is InChI=1S/C24H25Cl3N6O/c1-14-5-20(30-32(14)11-17-18(25)3-2-4-19(17)26)29-21(34)23-7-15-6-16(8-23)10-24(9-15,12-23)33-13-28-22(27)31-33/h2-5,13,15-16H,6-12H2,1H3,(H,29,30,34). The number of benzene rings is 1. The quantitative estimate of drug-likeness (QED) is 0.467.